The first kappa shape index (κ1) is 27.9. The average molecular weight is 445 g/mol. The lowest BCUT2D eigenvalue weighted by molar-refractivity contribution is 0.347. The fourth-order valence-electron chi connectivity index (χ4n) is 3.25. The van der Waals surface area contributed by atoms with E-state index in [2.05, 4.69) is 41.3 Å². The van der Waals surface area contributed by atoms with Crippen LogP contribution in [0.2, 0.25) is 0 Å². The molecule has 1 aromatic carbocycles. The molecule has 1 aromatic heterocycles. The van der Waals surface area contributed by atoms with Gasteiger partial charge in [0.15, 0.2) is 0 Å². The monoisotopic (exact) mass is 444 g/mol. The summed E-state index contributed by atoms with van der Waals surface area (Å²) in [6.45, 7) is 2.89. The Morgan fingerprint density at radius 3 is 2.14 bits per heavy atom. The molecule has 0 aliphatic rings. The van der Waals surface area contributed by atoms with Crippen LogP contribution in [0, 0.1) is 0 Å². The van der Waals surface area contributed by atoms with Crippen molar-refractivity contribution < 1.29 is 4.52 Å². The summed E-state index contributed by atoms with van der Waals surface area (Å²) >= 11 is 0. The third-order valence-corrected chi connectivity index (χ3v) is 5.01. The summed E-state index contributed by atoms with van der Waals surface area (Å²) in [5.74, 6) is 1.09. The minimum absolute atomic E-state index is 0. The number of aryl methyl sites for hydroxylation is 1. The lowest BCUT2D eigenvalue weighted by atomic mass is 10.0. The number of halogens is 2. The number of hydrogen-bond donors (Lipinski definition) is 2. The van der Waals surface area contributed by atoms with Crippen LogP contribution in [-0.4, -0.2) is 16.7 Å². The second-order valence-corrected chi connectivity index (χ2v) is 7.42. The van der Waals surface area contributed by atoms with Crippen molar-refractivity contribution in [2.45, 2.75) is 83.6 Å². The van der Waals surface area contributed by atoms with Crippen molar-refractivity contribution in [1.29, 1.82) is 0 Å². The topological polar surface area (TPSA) is 91.0 Å². The quantitative estimate of drug-likeness (QED) is 0.348. The van der Waals surface area contributed by atoms with E-state index in [0.717, 1.165) is 24.8 Å². The summed E-state index contributed by atoms with van der Waals surface area (Å²) in [6.07, 6.45) is 13.6. The molecule has 0 spiro atoms. The number of unbranched alkanes of at least 4 members (excludes halogenated alkanes) is 7. The Kier molecular flexibility index (Phi) is 16.0. The molecule has 166 valence electrons. The van der Waals surface area contributed by atoms with Crippen LogP contribution in [0.25, 0.3) is 11.4 Å². The molecule has 29 heavy (non-hydrogen) atoms. The first-order valence-electron chi connectivity index (χ1n) is 10.6. The lowest BCUT2D eigenvalue weighted by Gasteiger charge is -2.04. The Morgan fingerprint density at radius 1 is 0.897 bits per heavy atom. The highest BCUT2D eigenvalue weighted by atomic mass is 35.5. The molecule has 0 radical (unpaired) electrons. The summed E-state index contributed by atoms with van der Waals surface area (Å²) < 4.78 is 5.31. The second kappa shape index (κ2) is 16.6. The number of nitrogens with zero attached hydrogens (tertiary/aromatic N) is 2. The van der Waals surface area contributed by atoms with Crippen molar-refractivity contribution in [2.75, 3.05) is 6.54 Å². The van der Waals surface area contributed by atoms with Crippen molar-refractivity contribution in [3.63, 3.8) is 0 Å². The van der Waals surface area contributed by atoms with E-state index in [1.165, 1.54) is 56.9 Å². The van der Waals surface area contributed by atoms with Gasteiger partial charge >= 0.3 is 0 Å². The minimum atomic E-state index is -0.240. The van der Waals surface area contributed by atoms with Crippen LogP contribution in [0.5, 0.6) is 0 Å². The molecule has 0 saturated carbocycles. The molecule has 0 aliphatic heterocycles. The molecule has 0 aliphatic carbocycles. The van der Waals surface area contributed by atoms with Gasteiger partial charge in [0, 0.05) is 5.56 Å². The van der Waals surface area contributed by atoms with Gasteiger partial charge in [-0.05, 0) is 37.8 Å². The highest BCUT2D eigenvalue weighted by Crippen LogP contribution is 2.21. The Labute approximate surface area is 188 Å². The Bertz CT molecular complexity index is 634. The van der Waals surface area contributed by atoms with Crippen LogP contribution in [-0.2, 0) is 6.42 Å². The molecule has 0 saturated heterocycles. The van der Waals surface area contributed by atoms with Crippen molar-refractivity contribution in [1.82, 2.24) is 10.1 Å². The number of aromatic nitrogens is 2. The zero-order chi connectivity index (χ0) is 19.3. The first-order valence-corrected chi connectivity index (χ1v) is 10.6. The van der Waals surface area contributed by atoms with Crippen molar-refractivity contribution in [3.8, 4) is 11.4 Å². The molecule has 7 heteroatoms. The highest BCUT2D eigenvalue weighted by Gasteiger charge is 2.15. The van der Waals surface area contributed by atoms with Crippen molar-refractivity contribution >= 4 is 24.8 Å². The highest BCUT2D eigenvalue weighted by molar-refractivity contribution is 5.85. The first-order chi connectivity index (χ1) is 13.2. The SMILES string of the molecule is CCCCCCCCCCc1ccc(-c2noc([C@@H](N)CCCN)n2)cc1.Cl.Cl. The fourth-order valence-corrected chi connectivity index (χ4v) is 3.25. The van der Waals surface area contributed by atoms with E-state index in [0.29, 0.717) is 18.3 Å². The number of rotatable bonds is 14. The van der Waals surface area contributed by atoms with Gasteiger partial charge in [-0.3, -0.25) is 0 Å². The van der Waals surface area contributed by atoms with Gasteiger partial charge < -0.3 is 16.0 Å². The molecular formula is C22H38Cl2N4O. The van der Waals surface area contributed by atoms with Gasteiger partial charge in [-0.1, -0.05) is 81.3 Å². The summed E-state index contributed by atoms with van der Waals surface area (Å²) in [5, 5.41) is 4.06. The molecule has 4 N–H and O–H groups in total. The van der Waals surface area contributed by atoms with Gasteiger partial charge in [0.25, 0.3) is 0 Å². The summed E-state index contributed by atoms with van der Waals surface area (Å²) in [5.41, 5.74) is 13.9. The van der Waals surface area contributed by atoms with Gasteiger partial charge in [-0.25, -0.2) is 0 Å². The van der Waals surface area contributed by atoms with Crippen LogP contribution in [0.4, 0.5) is 0 Å². The van der Waals surface area contributed by atoms with Crippen LogP contribution in [0.15, 0.2) is 28.8 Å². The Balaban J connectivity index is 0.00000392. The molecule has 1 heterocycles. The maximum absolute atomic E-state index is 6.06. The lowest BCUT2D eigenvalue weighted by Crippen LogP contribution is -2.12. The Morgan fingerprint density at radius 2 is 1.52 bits per heavy atom. The van der Waals surface area contributed by atoms with Gasteiger partial charge in [-0.15, -0.1) is 24.8 Å². The van der Waals surface area contributed by atoms with Crippen LogP contribution >= 0.6 is 24.8 Å². The molecule has 2 rings (SSSR count). The molecule has 0 unspecified atom stereocenters. The van der Waals surface area contributed by atoms with Crippen LogP contribution < -0.4 is 11.5 Å². The van der Waals surface area contributed by atoms with E-state index in [9.17, 15) is 0 Å². The smallest absolute Gasteiger partial charge is 0.243 e. The van der Waals surface area contributed by atoms with Crippen molar-refractivity contribution in [2.24, 2.45) is 11.5 Å². The van der Waals surface area contributed by atoms with Gasteiger partial charge in [-0.2, -0.15) is 4.98 Å². The van der Waals surface area contributed by atoms with Crippen LogP contribution in [0.1, 0.15) is 88.6 Å². The van der Waals surface area contributed by atoms with E-state index in [4.69, 9.17) is 16.0 Å². The van der Waals surface area contributed by atoms with Crippen molar-refractivity contribution in [3.05, 3.63) is 35.7 Å². The fraction of sp³-hybridized carbons (Fsp3) is 0.636. The summed E-state index contributed by atoms with van der Waals surface area (Å²) in [7, 11) is 0. The van der Waals surface area contributed by atoms with Crippen LogP contribution in [0.3, 0.4) is 0 Å². The van der Waals surface area contributed by atoms with E-state index in [-0.39, 0.29) is 30.9 Å². The predicted molar refractivity (Wildman–Crippen MR) is 126 cm³/mol. The molecule has 0 amide bonds. The Hall–Kier alpha value is -1.14. The zero-order valence-electron chi connectivity index (χ0n) is 17.6. The number of hydrogen-bond acceptors (Lipinski definition) is 5. The second-order valence-electron chi connectivity index (χ2n) is 7.42. The third kappa shape index (κ3) is 10.4. The molecule has 0 bridgehead atoms. The summed E-state index contributed by atoms with van der Waals surface area (Å²) in [4.78, 5) is 4.44. The van der Waals surface area contributed by atoms with Gasteiger partial charge in [0.05, 0.1) is 6.04 Å². The maximum atomic E-state index is 6.06. The molecule has 0 fully saturated rings. The third-order valence-electron chi connectivity index (χ3n) is 5.01. The van der Waals surface area contributed by atoms with Gasteiger partial charge in [0.1, 0.15) is 0 Å². The number of nitrogens with two attached hydrogens (primary N) is 2. The minimum Gasteiger partial charge on any atom is -0.337 e. The van der Waals surface area contributed by atoms with E-state index in [1.54, 1.807) is 0 Å². The van der Waals surface area contributed by atoms with E-state index in [1.807, 2.05) is 0 Å². The summed E-state index contributed by atoms with van der Waals surface area (Å²) in [6, 6.07) is 8.23. The molecule has 1 atom stereocenters. The normalized spacial score (nSPS) is 11.6. The van der Waals surface area contributed by atoms with E-state index < -0.39 is 0 Å². The average Bonchev–Trinajstić information content (AvgIpc) is 3.19. The van der Waals surface area contributed by atoms with Gasteiger partial charge in [0.2, 0.25) is 11.7 Å². The standard InChI is InChI=1S/C22H36N4O.2ClH/c1-2-3-4-5-6-7-8-9-11-18-13-15-19(16-14-18)21-25-22(27-26-21)20(24)12-10-17-23;;/h13-16,20H,2-12,17,23-24H2,1H3;2*1H/t20-;;/m0../s1. The molecule has 5 nitrogen and oxygen atoms in total. The zero-order valence-corrected chi connectivity index (χ0v) is 19.3. The maximum Gasteiger partial charge on any atom is 0.243 e. The molecule has 2 aromatic rings. The largest absolute Gasteiger partial charge is 0.337 e. The predicted octanol–water partition coefficient (Wildman–Crippen LogP) is 6.00. The number of benzene rings is 1. The molecular weight excluding hydrogens is 407 g/mol. The van der Waals surface area contributed by atoms with E-state index >= 15 is 0 Å².